The summed E-state index contributed by atoms with van der Waals surface area (Å²) in [7, 11) is 0. The van der Waals surface area contributed by atoms with E-state index >= 15 is 0 Å². The van der Waals surface area contributed by atoms with Crippen LogP contribution in [0, 0.1) is 12.8 Å². The number of hydrogen-bond acceptors (Lipinski definition) is 2. The van der Waals surface area contributed by atoms with Crippen molar-refractivity contribution in [3.63, 3.8) is 0 Å². The number of rotatable bonds is 4. The summed E-state index contributed by atoms with van der Waals surface area (Å²) in [4.78, 5) is 11.9. The summed E-state index contributed by atoms with van der Waals surface area (Å²) in [5.41, 5.74) is 1.13. The molecule has 1 aromatic heterocycles. The van der Waals surface area contributed by atoms with E-state index in [2.05, 4.69) is 10.4 Å². The summed E-state index contributed by atoms with van der Waals surface area (Å²) in [6.07, 6.45) is -0.971. The number of benzene rings is 1. The van der Waals surface area contributed by atoms with Gasteiger partial charge in [0.1, 0.15) is 0 Å². The van der Waals surface area contributed by atoms with Crippen molar-refractivity contribution in [3.8, 4) is 5.69 Å². The van der Waals surface area contributed by atoms with Crippen LogP contribution in [0.3, 0.4) is 0 Å². The Balaban J connectivity index is 1.85. The Hall–Kier alpha value is -2.31. The first-order valence-corrected chi connectivity index (χ1v) is 7.80. The molecule has 1 fully saturated rings. The van der Waals surface area contributed by atoms with Crippen molar-refractivity contribution >= 4 is 5.91 Å². The summed E-state index contributed by atoms with van der Waals surface area (Å²) in [6, 6.07) is 4.79. The average molecular weight is 337 g/mol. The lowest BCUT2D eigenvalue weighted by Crippen LogP contribution is -2.28. The lowest BCUT2D eigenvalue weighted by Gasteiger charge is -2.14. The van der Waals surface area contributed by atoms with Gasteiger partial charge in [0.05, 0.1) is 23.5 Å². The molecule has 0 bridgehead atoms. The van der Waals surface area contributed by atoms with Crippen LogP contribution in [0.2, 0.25) is 0 Å². The Bertz CT molecular complexity index is 763. The monoisotopic (exact) mass is 337 g/mol. The number of carbonyl (C=O) groups is 1. The molecule has 1 heterocycles. The van der Waals surface area contributed by atoms with E-state index in [1.807, 2.05) is 6.92 Å². The van der Waals surface area contributed by atoms with Crippen LogP contribution in [-0.4, -0.2) is 15.7 Å². The number of carbonyl (C=O) groups excluding carboxylic acids is 1. The van der Waals surface area contributed by atoms with Crippen molar-refractivity contribution in [1.82, 2.24) is 15.1 Å². The maximum Gasteiger partial charge on any atom is 0.416 e. The van der Waals surface area contributed by atoms with Crippen molar-refractivity contribution in [2.75, 3.05) is 0 Å². The Kier molecular flexibility index (Phi) is 4.11. The zero-order valence-electron chi connectivity index (χ0n) is 13.4. The molecule has 1 atom stereocenters. The highest BCUT2D eigenvalue weighted by molar-refractivity contribution is 5.81. The average Bonchev–Trinajstić information content (AvgIpc) is 3.29. The van der Waals surface area contributed by atoms with Crippen molar-refractivity contribution < 1.29 is 18.0 Å². The van der Waals surface area contributed by atoms with Crippen molar-refractivity contribution in [2.24, 2.45) is 5.92 Å². The normalized spacial score (nSPS) is 16.0. The summed E-state index contributed by atoms with van der Waals surface area (Å²) in [5.74, 6) is 0.125. The van der Waals surface area contributed by atoms with Crippen LogP contribution in [0.1, 0.15) is 42.6 Å². The number of halogens is 3. The molecule has 4 nitrogen and oxygen atoms in total. The van der Waals surface area contributed by atoms with E-state index in [0.29, 0.717) is 11.4 Å². The molecule has 2 aromatic rings. The molecule has 1 aromatic carbocycles. The number of hydrogen-bond donors (Lipinski definition) is 1. The molecule has 24 heavy (non-hydrogen) atoms. The van der Waals surface area contributed by atoms with Gasteiger partial charge in [-0.2, -0.15) is 18.3 Å². The molecule has 0 aliphatic heterocycles. The van der Waals surface area contributed by atoms with E-state index in [1.54, 1.807) is 19.2 Å². The molecule has 0 saturated heterocycles. The highest BCUT2D eigenvalue weighted by atomic mass is 19.4. The number of nitrogens with one attached hydrogen (secondary N) is 1. The third kappa shape index (κ3) is 3.29. The predicted molar refractivity (Wildman–Crippen MR) is 82.6 cm³/mol. The Morgan fingerprint density at radius 2 is 2.08 bits per heavy atom. The topological polar surface area (TPSA) is 46.9 Å². The molecule has 128 valence electrons. The molecule has 1 aliphatic carbocycles. The van der Waals surface area contributed by atoms with E-state index in [0.717, 1.165) is 30.5 Å². The fourth-order valence-electron chi connectivity index (χ4n) is 2.68. The minimum Gasteiger partial charge on any atom is -0.349 e. The Labute approximate surface area is 137 Å². The number of nitrogens with zero attached hydrogens (tertiary/aromatic N) is 2. The first kappa shape index (κ1) is 16.5. The van der Waals surface area contributed by atoms with E-state index < -0.39 is 11.7 Å². The number of alkyl halides is 3. The summed E-state index contributed by atoms with van der Waals surface area (Å²) >= 11 is 0. The Morgan fingerprint density at radius 3 is 2.71 bits per heavy atom. The van der Waals surface area contributed by atoms with Crippen LogP contribution >= 0.6 is 0 Å². The minimum absolute atomic E-state index is 0.0220. The number of aromatic nitrogens is 2. The van der Waals surface area contributed by atoms with E-state index in [-0.39, 0.29) is 17.9 Å². The van der Waals surface area contributed by atoms with E-state index in [9.17, 15) is 18.0 Å². The van der Waals surface area contributed by atoms with Crippen LogP contribution in [-0.2, 0) is 11.0 Å². The van der Waals surface area contributed by atoms with Crippen LogP contribution in [0.25, 0.3) is 5.69 Å². The first-order valence-electron chi connectivity index (χ1n) is 7.80. The molecule has 3 rings (SSSR count). The quantitative estimate of drug-likeness (QED) is 0.923. The summed E-state index contributed by atoms with van der Waals surface area (Å²) in [5, 5.41) is 7.12. The maximum absolute atomic E-state index is 12.9. The summed E-state index contributed by atoms with van der Waals surface area (Å²) in [6.45, 7) is 3.63. The molecule has 1 amide bonds. The van der Waals surface area contributed by atoms with E-state index in [4.69, 9.17) is 0 Å². The summed E-state index contributed by atoms with van der Waals surface area (Å²) < 4.78 is 40.1. The standard InChI is InChI=1S/C17H18F3N3O/c1-10(22-16(24)12-6-7-12)15-9-21-23(11(15)2)14-5-3-4-13(8-14)17(18,19)20/h3-5,8-10,12H,6-7H2,1-2H3,(H,22,24). The van der Waals surface area contributed by atoms with Gasteiger partial charge in [-0.1, -0.05) is 6.07 Å². The minimum atomic E-state index is -4.40. The zero-order valence-corrected chi connectivity index (χ0v) is 13.4. The van der Waals surface area contributed by atoms with Gasteiger partial charge in [-0.25, -0.2) is 4.68 Å². The largest absolute Gasteiger partial charge is 0.416 e. The van der Waals surface area contributed by atoms with Gasteiger partial charge in [-0.3, -0.25) is 4.79 Å². The second kappa shape index (κ2) is 5.96. The first-order chi connectivity index (χ1) is 11.3. The van der Waals surface area contributed by atoms with Crippen LogP contribution in [0.5, 0.6) is 0 Å². The van der Waals surface area contributed by atoms with Crippen LogP contribution < -0.4 is 5.32 Å². The van der Waals surface area contributed by atoms with Gasteiger partial charge < -0.3 is 5.32 Å². The highest BCUT2D eigenvalue weighted by Gasteiger charge is 2.32. The van der Waals surface area contributed by atoms with Crippen molar-refractivity contribution in [1.29, 1.82) is 0 Å². The maximum atomic E-state index is 12.9. The molecule has 7 heteroatoms. The smallest absolute Gasteiger partial charge is 0.349 e. The zero-order chi connectivity index (χ0) is 17.5. The fourth-order valence-corrected chi connectivity index (χ4v) is 2.68. The van der Waals surface area contributed by atoms with Crippen molar-refractivity contribution in [2.45, 2.75) is 38.9 Å². The third-order valence-electron chi connectivity index (χ3n) is 4.24. The van der Waals surface area contributed by atoms with Gasteiger partial charge >= 0.3 is 6.18 Å². The van der Waals surface area contributed by atoms with Gasteiger partial charge in [0.25, 0.3) is 0 Å². The SMILES string of the molecule is Cc1c(C(C)NC(=O)C2CC2)cnn1-c1cccc(C(F)(F)F)c1. The van der Waals surface area contributed by atoms with Crippen LogP contribution in [0.15, 0.2) is 30.5 Å². The number of amides is 1. The second-order valence-electron chi connectivity index (χ2n) is 6.15. The molecule has 1 N–H and O–H groups in total. The van der Waals surface area contributed by atoms with Gasteiger partial charge in [-0.15, -0.1) is 0 Å². The fraction of sp³-hybridized carbons (Fsp3) is 0.412. The Morgan fingerprint density at radius 1 is 1.38 bits per heavy atom. The van der Waals surface area contributed by atoms with Crippen LogP contribution in [0.4, 0.5) is 13.2 Å². The van der Waals surface area contributed by atoms with Crippen molar-refractivity contribution in [3.05, 3.63) is 47.3 Å². The van der Waals surface area contributed by atoms with E-state index in [1.165, 1.54) is 10.7 Å². The molecule has 0 spiro atoms. The van der Waals surface area contributed by atoms with Gasteiger partial charge in [0, 0.05) is 17.2 Å². The third-order valence-corrected chi connectivity index (χ3v) is 4.24. The molecule has 1 aliphatic rings. The van der Waals surface area contributed by atoms with Gasteiger partial charge in [0.15, 0.2) is 0 Å². The van der Waals surface area contributed by atoms with Gasteiger partial charge in [0.2, 0.25) is 5.91 Å². The molecular formula is C17H18F3N3O. The predicted octanol–water partition coefficient (Wildman–Crippen LogP) is 3.79. The van der Waals surface area contributed by atoms with Gasteiger partial charge in [-0.05, 0) is 44.9 Å². The molecule has 1 unspecified atom stereocenters. The molecule has 1 saturated carbocycles. The molecular weight excluding hydrogens is 319 g/mol. The lowest BCUT2D eigenvalue weighted by atomic mass is 10.1. The lowest BCUT2D eigenvalue weighted by molar-refractivity contribution is -0.137. The molecule has 0 radical (unpaired) electrons. The second-order valence-corrected chi connectivity index (χ2v) is 6.15. The highest BCUT2D eigenvalue weighted by Crippen LogP contribution is 2.32.